The molecule has 0 radical (unpaired) electrons. The van der Waals surface area contributed by atoms with Crippen LogP contribution >= 0.6 is 23.2 Å². The average molecular weight is 430 g/mol. The fourth-order valence-corrected chi connectivity index (χ4v) is 5.01. The summed E-state index contributed by atoms with van der Waals surface area (Å²) in [6.45, 7) is 3.85. The van der Waals surface area contributed by atoms with E-state index in [0.717, 1.165) is 71.2 Å². The molecule has 29 heavy (non-hydrogen) atoms. The third-order valence-electron chi connectivity index (χ3n) is 5.96. The van der Waals surface area contributed by atoms with Gasteiger partial charge in [0.2, 0.25) is 0 Å². The number of halogens is 2. The van der Waals surface area contributed by atoms with E-state index in [2.05, 4.69) is 11.0 Å². The number of rotatable bonds is 2. The minimum atomic E-state index is -0.190. The molecule has 1 aliphatic carbocycles. The lowest BCUT2D eigenvalue weighted by Crippen LogP contribution is -2.32. The van der Waals surface area contributed by atoms with Crippen molar-refractivity contribution in [3.05, 3.63) is 72.5 Å². The van der Waals surface area contributed by atoms with Crippen molar-refractivity contribution < 1.29 is 9.15 Å². The first-order chi connectivity index (χ1) is 14.0. The quantitative estimate of drug-likeness (QED) is 0.494. The van der Waals surface area contributed by atoms with Gasteiger partial charge in [-0.25, -0.2) is 4.79 Å². The number of ether oxygens (including phenoxy) is 1. The van der Waals surface area contributed by atoms with Gasteiger partial charge in [-0.05, 0) is 61.9 Å². The first kappa shape index (κ1) is 19.0. The molecule has 6 heteroatoms. The van der Waals surface area contributed by atoms with Crippen LogP contribution in [-0.4, -0.2) is 11.6 Å². The van der Waals surface area contributed by atoms with Crippen LogP contribution in [-0.2, 0) is 25.9 Å². The Bertz CT molecular complexity index is 1190. The summed E-state index contributed by atoms with van der Waals surface area (Å²) >= 11 is 12.4. The molecule has 1 aromatic heterocycles. The third-order valence-corrected chi connectivity index (χ3v) is 6.55. The Hall–Kier alpha value is -2.01. The summed E-state index contributed by atoms with van der Waals surface area (Å²) in [7, 11) is 0. The summed E-state index contributed by atoms with van der Waals surface area (Å²) in [6.07, 6.45) is 3.90. The molecule has 0 N–H and O–H groups in total. The van der Waals surface area contributed by atoms with Gasteiger partial charge >= 0.3 is 5.63 Å². The fourth-order valence-electron chi connectivity index (χ4n) is 4.54. The second-order valence-electron chi connectivity index (χ2n) is 7.92. The van der Waals surface area contributed by atoms with Gasteiger partial charge in [0.15, 0.2) is 0 Å². The van der Waals surface area contributed by atoms with Crippen LogP contribution < -0.4 is 10.4 Å². The first-order valence-electron chi connectivity index (χ1n) is 9.91. The topological polar surface area (TPSA) is 42.7 Å². The molecule has 4 nitrogen and oxygen atoms in total. The van der Waals surface area contributed by atoms with Crippen LogP contribution in [0.1, 0.15) is 40.7 Å². The highest BCUT2D eigenvalue weighted by Crippen LogP contribution is 2.38. The Morgan fingerprint density at radius 1 is 1.10 bits per heavy atom. The van der Waals surface area contributed by atoms with Gasteiger partial charge in [-0.15, -0.1) is 0 Å². The normalized spacial score (nSPS) is 16.4. The number of nitrogens with zero attached hydrogens (tertiary/aromatic N) is 1. The number of benzene rings is 2. The zero-order valence-corrected chi connectivity index (χ0v) is 17.7. The Morgan fingerprint density at radius 3 is 2.69 bits per heavy atom. The zero-order valence-electron chi connectivity index (χ0n) is 16.2. The van der Waals surface area contributed by atoms with Crippen molar-refractivity contribution in [3.8, 4) is 5.75 Å². The van der Waals surface area contributed by atoms with Gasteiger partial charge in [0.1, 0.15) is 18.1 Å². The average Bonchev–Trinajstić information content (AvgIpc) is 2.71. The van der Waals surface area contributed by atoms with Crippen LogP contribution in [0.2, 0.25) is 10.0 Å². The number of fused-ring (bicyclic) bond motifs is 4. The number of hydrogen-bond acceptors (Lipinski definition) is 4. The second-order valence-corrected chi connectivity index (χ2v) is 8.76. The van der Waals surface area contributed by atoms with Gasteiger partial charge in [-0.2, -0.15) is 0 Å². The molecule has 2 aliphatic rings. The standard InChI is InChI=1S/C23H21Cl2NO3/c1-13-21-15(8-19-17-4-2-3-5-18(17)23(27)29-22(13)19)11-26(12-28-21)10-14-6-7-16(24)9-20(14)25/h6-9H,2-5,10-12H2,1H3. The minimum absolute atomic E-state index is 0.190. The van der Waals surface area contributed by atoms with E-state index in [4.69, 9.17) is 32.4 Å². The summed E-state index contributed by atoms with van der Waals surface area (Å²) in [5.41, 5.74) is 5.54. The molecular weight excluding hydrogens is 409 g/mol. The van der Waals surface area contributed by atoms with Gasteiger partial charge in [0.25, 0.3) is 0 Å². The number of hydrogen-bond donors (Lipinski definition) is 0. The minimum Gasteiger partial charge on any atom is -0.477 e. The van der Waals surface area contributed by atoms with E-state index in [-0.39, 0.29) is 5.63 Å². The Kier molecular flexibility index (Phi) is 4.81. The Labute approximate surface area is 179 Å². The van der Waals surface area contributed by atoms with Gasteiger partial charge in [0.05, 0.1) is 0 Å². The van der Waals surface area contributed by atoms with Crippen molar-refractivity contribution in [2.75, 3.05) is 6.73 Å². The lowest BCUT2D eigenvalue weighted by molar-refractivity contribution is 0.0881. The highest BCUT2D eigenvalue weighted by atomic mass is 35.5. The van der Waals surface area contributed by atoms with E-state index in [1.165, 1.54) is 0 Å². The summed E-state index contributed by atoms with van der Waals surface area (Å²) in [5.74, 6) is 0.829. The molecule has 0 unspecified atom stereocenters. The molecule has 0 spiro atoms. The lowest BCUT2D eigenvalue weighted by atomic mass is 9.89. The highest BCUT2D eigenvalue weighted by Gasteiger charge is 2.26. The molecule has 0 saturated carbocycles. The lowest BCUT2D eigenvalue weighted by Gasteiger charge is -2.31. The Morgan fingerprint density at radius 2 is 1.90 bits per heavy atom. The predicted octanol–water partition coefficient (Wildman–Crippen LogP) is 5.64. The smallest absolute Gasteiger partial charge is 0.339 e. The first-order valence-corrected chi connectivity index (χ1v) is 10.7. The maximum absolute atomic E-state index is 12.5. The maximum Gasteiger partial charge on any atom is 0.339 e. The van der Waals surface area contributed by atoms with Crippen molar-refractivity contribution in [2.24, 2.45) is 0 Å². The van der Waals surface area contributed by atoms with Crippen molar-refractivity contribution >= 4 is 34.2 Å². The molecule has 3 aromatic rings. The van der Waals surface area contributed by atoms with E-state index in [1.54, 1.807) is 6.07 Å². The molecular formula is C23H21Cl2NO3. The largest absolute Gasteiger partial charge is 0.477 e. The predicted molar refractivity (Wildman–Crippen MR) is 115 cm³/mol. The zero-order chi connectivity index (χ0) is 20.1. The molecule has 0 saturated heterocycles. The van der Waals surface area contributed by atoms with E-state index in [9.17, 15) is 4.79 Å². The molecule has 0 bridgehead atoms. The molecule has 0 amide bonds. The highest BCUT2D eigenvalue weighted by molar-refractivity contribution is 6.35. The van der Waals surface area contributed by atoms with E-state index in [0.29, 0.717) is 28.9 Å². The van der Waals surface area contributed by atoms with Crippen LogP contribution in [0.3, 0.4) is 0 Å². The van der Waals surface area contributed by atoms with E-state index in [1.807, 2.05) is 19.1 Å². The second kappa shape index (κ2) is 7.35. The van der Waals surface area contributed by atoms with Crippen molar-refractivity contribution in [1.82, 2.24) is 4.90 Å². The summed E-state index contributed by atoms with van der Waals surface area (Å²) < 4.78 is 11.8. The molecule has 1 aliphatic heterocycles. The van der Waals surface area contributed by atoms with Gasteiger partial charge in [-0.3, -0.25) is 4.90 Å². The monoisotopic (exact) mass is 429 g/mol. The van der Waals surface area contributed by atoms with E-state index < -0.39 is 0 Å². The van der Waals surface area contributed by atoms with Crippen LogP contribution in [0, 0.1) is 6.92 Å². The summed E-state index contributed by atoms with van der Waals surface area (Å²) in [5, 5.41) is 2.35. The van der Waals surface area contributed by atoms with Crippen LogP contribution in [0.15, 0.2) is 33.5 Å². The summed E-state index contributed by atoms with van der Waals surface area (Å²) in [6, 6.07) is 7.73. The van der Waals surface area contributed by atoms with Gasteiger partial charge in [0, 0.05) is 45.2 Å². The molecule has 150 valence electrons. The maximum atomic E-state index is 12.5. The number of aryl methyl sites for hydroxylation is 2. The van der Waals surface area contributed by atoms with Crippen LogP contribution in [0.25, 0.3) is 11.0 Å². The molecule has 0 fully saturated rings. The Balaban J connectivity index is 1.54. The molecule has 0 atom stereocenters. The third kappa shape index (κ3) is 3.33. The summed E-state index contributed by atoms with van der Waals surface area (Å²) in [4.78, 5) is 14.7. The molecule has 2 heterocycles. The molecule has 5 rings (SSSR count). The van der Waals surface area contributed by atoms with Crippen molar-refractivity contribution in [1.29, 1.82) is 0 Å². The SMILES string of the molecule is Cc1c2c(cc3c4c(c(=O)oc13)CCCC4)CN(Cc1ccc(Cl)cc1Cl)CO2. The van der Waals surface area contributed by atoms with Gasteiger partial charge < -0.3 is 9.15 Å². The van der Waals surface area contributed by atoms with Crippen LogP contribution in [0.4, 0.5) is 0 Å². The van der Waals surface area contributed by atoms with Gasteiger partial charge in [-0.1, -0.05) is 29.3 Å². The van der Waals surface area contributed by atoms with Crippen molar-refractivity contribution in [2.45, 2.75) is 45.7 Å². The fraction of sp³-hybridized carbons (Fsp3) is 0.348. The van der Waals surface area contributed by atoms with Crippen molar-refractivity contribution in [3.63, 3.8) is 0 Å². The van der Waals surface area contributed by atoms with E-state index >= 15 is 0 Å². The molecule has 2 aromatic carbocycles. The van der Waals surface area contributed by atoms with Crippen LogP contribution in [0.5, 0.6) is 5.75 Å².